The van der Waals surface area contributed by atoms with Crippen LogP contribution in [0.4, 0.5) is 4.79 Å². The minimum Gasteiger partial charge on any atom is -0.488 e. The summed E-state index contributed by atoms with van der Waals surface area (Å²) < 4.78 is 12.6. The first-order valence-electron chi connectivity index (χ1n) is 17.0. The summed E-state index contributed by atoms with van der Waals surface area (Å²) in [6.45, 7) is 1.77. The van der Waals surface area contributed by atoms with E-state index >= 15 is 0 Å². The molecule has 0 spiro atoms. The zero-order valence-corrected chi connectivity index (χ0v) is 26.6. The Balaban J connectivity index is 1.07. The lowest BCUT2D eigenvalue weighted by Gasteiger charge is -2.53. The number of nitrogens with zero attached hydrogens (tertiary/aromatic N) is 1. The molecular weight excluding hydrogens is 594 g/mol. The van der Waals surface area contributed by atoms with Crippen LogP contribution in [-0.2, 0) is 20.7 Å². The van der Waals surface area contributed by atoms with E-state index in [4.69, 9.17) is 9.47 Å². The monoisotopic (exact) mass is 635 g/mol. The Bertz CT molecular complexity index is 1820. The number of likely N-dealkylation sites (tertiary alicyclic amines) is 1. The van der Waals surface area contributed by atoms with Gasteiger partial charge in [0.1, 0.15) is 29.5 Å². The lowest BCUT2D eigenvalue weighted by Crippen LogP contribution is -2.61. The number of benzene rings is 3. The van der Waals surface area contributed by atoms with Crippen LogP contribution >= 0.6 is 0 Å². The fourth-order valence-electron chi connectivity index (χ4n) is 9.41. The highest BCUT2D eigenvalue weighted by Crippen LogP contribution is 2.54. The molecule has 4 aromatic rings. The van der Waals surface area contributed by atoms with Crippen LogP contribution in [0.5, 0.6) is 5.75 Å². The topological polar surface area (TPSA) is 121 Å². The maximum Gasteiger partial charge on any atom is 0.408 e. The molecule has 2 heterocycles. The fraction of sp³-hybridized carbons (Fsp3) is 0.447. The summed E-state index contributed by atoms with van der Waals surface area (Å²) in [4.78, 5) is 45.7. The second-order valence-corrected chi connectivity index (χ2v) is 14.6. The first kappa shape index (κ1) is 29.8. The predicted octanol–water partition coefficient (Wildman–Crippen LogP) is 6.31. The summed E-state index contributed by atoms with van der Waals surface area (Å²) in [5.74, 6) is 1.28. The van der Waals surface area contributed by atoms with Crippen LogP contribution in [0.2, 0.25) is 0 Å². The molecule has 9 nitrogen and oxygen atoms in total. The lowest BCUT2D eigenvalue weighted by molar-refractivity contribution is -0.151. The number of nitrogens with one attached hydrogen (secondary N) is 2. The highest BCUT2D eigenvalue weighted by atomic mass is 16.6. The molecule has 5 aliphatic rings. The molecule has 0 radical (unpaired) electrons. The Morgan fingerprint density at radius 1 is 0.894 bits per heavy atom. The molecule has 3 aromatic carbocycles. The summed E-state index contributed by atoms with van der Waals surface area (Å²) in [6.07, 6.45) is 6.54. The van der Waals surface area contributed by atoms with Gasteiger partial charge in [-0.25, -0.2) is 9.59 Å². The number of rotatable bonds is 8. The molecule has 4 bridgehead atoms. The Hall–Kier alpha value is -4.53. The zero-order valence-electron chi connectivity index (χ0n) is 26.6. The van der Waals surface area contributed by atoms with Crippen LogP contribution in [0.1, 0.15) is 51.0 Å². The van der Waals surface area contributed by atoms with E-state index in [2.05, 4.69) is 10.3 Å². The van der Waals surface area contributed by atoms with Gasteiger partial charge >= 0.3 is 12.1 Å². The van der Waals surface area contributed by atoms with Crippen molar-refractivity contribution in [3.63, 3.8) is 0 Å². The number of aromatic amines is 1. The number of carboxylic acid groups (broad SMARTS) is 1. The van der Waals surface area contributed by atoms with Gasteiger partial charge in [-0.05, 0) is 85.8 Å². The van der Waals surface area contributed by atoms with Gasteiger partial charge in [0.15, 0.2) is 0 Å². The smallest absolute Gasteiger partial charge is 0.408 e. The summed E-state index contributed by atoms with van der Waals surface area (Å²) in [5.41, 5.74) is 0.290. The van der Waals surface area contributed by atoms with E-state index in [1.165, 1.54) is 11.3 Å². The molecule has 5 fully saturated rings. The van der Waals surface area contributed by atoms with Crippen LogP contribution in [-0.4, -0.2) is 63.3 Å². The molecular formula is C38H41N3O6. The number of hydrogen-bond donors (Lipinski definition) is 3. The van der Waals surface area contributed by atoms with Crippen LogP contribution < -0.4 is 10.1 Å². The number of H-pyrrole nitrogens is 1. The third kappa shape index (κ3) is 5.49. The van der Waals surface area contributed by atoms with E-state index in [1.807, 2.05) is 72.9 Å². The normalized spacial score (nSPS) is 29.1. The summed E-state index contributed by atoms with van der Waals surface area (Å²) >= 11 is 0. The van der Waals surface area contributed by atoms with Gasteiger partial charge in [0, 0.05) is 35.3 Å². The van der Waals surface area contributed by atoms with Crippen molar-refractivity contribution in [2.75, 3.05) is 6.54 Å². The number of fused-ring (bicyclic) bond motifs is 2. The molecule has 9 heteroatoms. The van der Waals surface area contributed by atoms with Gasteiger partial charge in [-0.1, -0.05) is 54.6 Å². The van der Waals surface area contributed by atoms with Gasteiger partial charge in [-0.2, -0.15) is 0 Å². The molecule has 3 atom stereocenters. The predicted molar refractivity (Wildman–Crippen MR) is 177 cm³/mol. The molecule has 1 aliphatic heterocycles. The van der Waals surface area contributed by atoms with Crippen molar-refractivity contribution in [1.29, 1.82) is 0 Å². The van der Waals surface area contributed by atoms with E-state index in [0.29, 0.717) is 17.6 Å². The van der Waals surface area contributed by atoms with Gasteiger partial charge in [-0.15, -0.1) is 0 Å². The largest absolute Gasteiger partial charge is 0.488 e. The molecule has 244 valence electrons. The highest BCUT2D eigenvalue weighted by Gasteiger charge is 2.52. The summed E-state index contributed by atoms with van der Waals surface area (Å²) in [7, 11) is 0. The van der Waals surface area contributed by atoms with Crippen LogP contribution in [0.3, 0.4) is 0 Å². The number of ether oxygens (including phenoxy) is 2. The van der Waals surface area contributed by atoms with Gasteiger partial charge in [-0.3, -0.25) is 4.79 Å². The van der Waals surface area contributed by atoms with E-state index in [1.54, 1.807) is 6.92 Å². The fourth-order valence-corrected chi connectivity index (χ4v) is 9.41. The highest BCUT2D eigenvalue weighted by molar-refractivity contribution is 5.94. The van der Waals surface area contributed by atoms with Crippen molar-refractivity contribution in [3.8, 4) is 5.75 Å². The quantitative estimate of drug-likeness (QED) is 0.209. The Labute approximate surface area is 273 Å². The second-order valence-electron chi connectivity index (χ2n) is 14.6. The lowest BCUT2D eigenvalue weighted by atomic mass is 9.55. The summed E-state index contributed by atoms with van der Waals surface area (Å²) in [6, 6.07) is 20.3. The van der Waals surface area contributed by atoms with Gasteiger partial charge in [0.25, 0.3) is 0 Å². The number of hydrogen-bond acceptors (Lipinski definition) is 5. The van der Waals surface area contributed by atoms with Gasteiger partial charge in [0.2, 0.25) is 5.91 Å². The third-order valence-corrected chi connectivity index (χ3v) is 11.3. The van der Waals surface area contributed by atoms with Crippen LogP contribution in [0.25, 0.3) is 21.7 Å². The molecule has 2 amide bonds. The summed E-state index contributed by atoms with van der Waals surface area (Å²) in [5, 5.41) is 16.2. The Morgan fingerprint density at radius 2 is 1.57 bits per heavy atom. The average molecular weight is 636 g/mol. The molecule has 1 aromatic heterocycles. The van der Waals surface area contributed by atoms with Gasteiger partial charge < -0.3 is 29.8 Å². The van der Waals surface area contributed by atoms with Crippen molar-refractivity contribution in [1.82, 2.24) is 15.2 Å². The standard InChI is InChI=1S/C38H41N3O6/c1-38(19-27-20-39-31-11-5-4-9-29(27)31,40-37(45)47-34-25-14-22-13-23(16-25)17-26(34)15-22)36(44)41-21-28(18-32(41)35(42)43)46-33-12-6-8-24-7-2-3-10-30(24)33/h2-12,20,22-23,25-26,28,32,34,39H,13-19,21H2,1H3,(H,40,45)(H,42,43)/t22?,23?,25?,26?,28-,32-,34?,38-/m1/s1. The van der Waals surface area contributed by atoms with Crippen molar-refractivity contribution in [2.45, 2.75) is 75.7 Å². The molecule has 3 N–H and O–H groups in total. The van der Waals surface area contributed by atoms with Crippen molar-refractivity contribution >= 4 is 39.6 Å². The first-order chi connectivity index (χ1) is 22.7. The maximum atomic E-state index is 14.7. The molecule has 9 rings (SSSR count). The Morgan fingerprint density at radius 3 is 2.32 bits per heavy atom. The maximum absolute atomic E-state index is 14.7. The number of alkyl carbamates (subject to hydrolysis) is 1. The SMILES string of the molecule is C[C@](Cc1c[nH]c2ccccc12)(NC(=O)OC1C2CC3CC(C2)CC1C3)C(=O)N1C[C@H](Oc2cccc3ccccc23)C[C@@H]1C(=O)O. The first-order valence-corrected chi connectivity index (χ1v) is 17.0. The molecule has 4 saturated carbocycles. The van der Waals surface area contributed by atoms with Crippen LogP contribution in [0, 0.1) is 23.7 Å². The molecule has 0 unspecified atom stereocenters. The number of carbonyl (C=O) groups is 3. The Kier molecular flexibility index (Phi) is 7.38. The number of amides is 2. The number of para-hydroxylation sites is 1. The third-order valence-electron chi connectivity index (χ3n) is 11.3. The zero-order chi connectivity index (χ0) is 32.3. The number of aromatic nitrogens is 1. The van der Waals surface area contributed by atoms with E-state index in [-0.39, 0.29) is 25.5 Å². The van der Waals surface area contributed by atoms with Crippen molar-refractivity contribution < 1.29 is 29.0 Å². The number of carboxylic acids is 1. The molecule has 1 saturated heterocycles. The van der Waals surface area contributed by atoms with Gasteiger partial charge in [0.05, 0.1) is 6.54 Å². The minimum absolute atomic E-state index is 0.0781. The molecule has 4 aliphatic carbocycles. The number of aliphatic carboxylic acids is 1. The second kappa shape index (κ2) is 11.6. The number of carbonyl (C=O) groups excluding carboxylic acids is 2. The van der Waals surface area contributed by atoms with Crippen LogP contribution in [0.15, 0.2) is 72.9 Å². The van der Waals surface area contributed by atoms with Crippen molar-refractivity contribution in [2.24, 2.45) is 23.7 Å². The van der Waals surface area contributed by atoms with E-state index in [0.717, 1.165) is 64.8 Å². The average Bonchev–Trinajstić information content (AvgIpc) is 3.66. The molecule has 47 heavy (non-hydrogen) atoms. The van der Waals surface area contributed by atoms with E-state index < -0.39 is 35.7 Å². The van der Waals surface area contributed by atoms with Crippen molar-refractivity contribution in [3.05, 3.63) is 78.5 Å². The minimum atomic E-state index is -1.48. The van der Waals surface area contributed by atoms with E-state index in [9.17, 15) is 19.5 Å².